The fraction of sp³-hybridized carbons (Fsp3) is 0.464. The molecule has 13 heteroatoms. The zero-order valence-corrected chi connectivity index (χ0v) is 24.0. The number of hydrogen-bond donors (Lipinski definition) is 2. The van der Waals surface area contributed by atoms with Crippen molar-refractivity contribution in [2.24, 2.45) is 0 Å². The van der Waals surface area contributed by atoms with Crippen molar-refractivity contribution in [2.75, 3.05) is 47.1 Å². The van der Waals surface area contributed by atoms with Crippen molar-refractivity contribution in [1.82, 2.24) is 15.5 Å². The van der Waals surface area contributed by atoms with Crippen LogP contribution >= 0.6 is 11.6 Å². The molecule has 10 nitrogen and oxygen atoms in total. The van der Waals surface area contributed by atoms with Gasteiger partial charge in [-0.05, 0) is 47.9 Å². The quantitative estimate of drug-likeness (QED) is 0.193. The molecule has 2 N–H and O–H groups in total. The van der Waals surface area contributed by atoms with E-state index in [1.54, 1.807) is 31.3 Å². The molecule has 3 amide bonds. The number of methoxy groups -OCH3 is 1. The number of amides is 3. The van der Waals surface area contributed by atoms with E-state index in [1.165, 1.54) is 30.2 Å². The van der Waals surface area contributed by atoms with E-state index in [0.29, 0.717) is 29.2 Å². The number of rotatable bonds is 18. The maximum Gasteiger partial charge on any atom is 0.406 e. The fourth-order valence-corrected chi connectivity index (χ4v) is 3.92. The summed E-state index contributed by atoms with van der Waals surface area (Å²) in [7, 11) is 2.80. The molecule has 0 saturated heterocycles. The average Bonchev–Trinajstić information content (AvgIpc) is 2.95. The molecule has 0 aliphatic carbocycles. The predicted octanol–water partition coefficient (Wildman–Crippen LogP) is 4.41. The molecule has 0 aliphatic heterocycles. The molecule has 41 heavy (non-hydrogen) atoms. The number of unbranched alkanes of at least 4 members (excludes halogenated alkanes) is 1. The van der Waals surface area contributed by atoms with E-state index < -0.39 is 30.8 Å². The second-order valence-corrected chi connectivity index (χ2v) is 9.39. The SMILES string of the molecule is CCCCOCC(CNC(=O)c1cc(OC(F)F)cc(C(OCCNC(=O)OC)c2cccc(Cl)c2)c1)N(C)C=O. The van der Waals surface area contributed by atoms with Gasteiger partial charge in [-0.3, -0.25) is 9.59 Å². The Hall–Kier alpha value is -3.48. The Bertz CT molecular complexity index is 1130. The maximum atomic E-state index is 13.2. The molecule has 226 valence electrons. The van der Waals surface area contributed by atoms with Crippen LogP contribution in [0.4, 0.5) is 13.6 Å². The Labute approximate surface area is 243 Å². The number of likely N-dealkylation sites (N-methyl/N-ethyl adjacent to an activating group) is 1. The van der Waals surface area contributed by atoms with E-state index in [9.17, 15) is 23.2 Å². The van der Waals surface area contributed by atoms with Gasteiger partial charge in [0, 0.05) is 37.3 Å². The molecule has 0 radical (unpaired) electrons. The molecule has 2 atom stereocenters. The molecule has 0 saturated carbocycles. The minimum Gasteiger partial charge on any atom is -0.453 e. The van der Waals surface area contributed by atoms with Gasteiger partial charge in [0.15, 0.2) is 0 Å². The third-order valence-corrected chi connectivity index (χ3v) is 6.14. The van der Waals surface area contributed by atoms with E-state index >= 15 is 0 Å². The number of hydrogen-bond acceptors (Lipinski definition) is 7. The summed E-state index contributed by atoms with van der Waals surface area (Å²) in [5.41, 5.74) is 0.937. The van der Waals surface area contributed by atoms with Crippen molar-refractivity contribution < 1.29 is 42.1 Å². The first-order chi connectivity index (χ1) is 19.7. The first-order valence-electron chi connectivity index (χ1n) is 13.0. The van der Waals surface area contributed by atoms with Gasteiger partial charge in [0.25, 0.3) is 5.91 Å². The fourth-order valence-electron chi connectivity index (χ4n) is 3.72. The summed E-state index contributed by atoms with van der Waals surface area (Å²) in [6.07, 6.45) is 0.941. The van der Waals surface area contributed by atoms with E-state index in [4.69, 9.17) is 21.1 Å². The van der Waals surface area contributed by atoms with Crippen LogP contribution in [-0.2, 0) is 19.0 Å². The monoisotopic (exact) mass is 599 g/mol. The van der Waals surface area contributed by atoms with Crippen molar-refractivity contribution in [1.29, 1.82) is 0 Å². The number of nitrogens with zero attached hydrogens (tertiary/aromatic N) is 1. The Kier molecular flexibility index (Phi) is 14.8. The number of ether oxygens (including phenoxy) is 4. The zero-order chi connectivity index (χ0) is 30.2. The second kappa shape index (κ2) is 18.1. The standard InChI is InChI=1S/C28H36ClF2N3O7/c1-4-5-10-39-17-23(34(2)18-35)16-33-26(36)21-12-20(14-24(15-21)41-27(30)31)25(19-7-6-8-22(29)13-19)40-11-9-32-28(37)38-3/h6-8,12-15,18,23,25,27H,4-5,9-11,16-17H2,1-3H3,(H,32,37)(H,33,36). The van der Waals surface area contributed by atoms with Crippen LogP contribution in [0.25, 0.3) is 0 Å². The topological polar surface area (TPSA) is 115 Å². The van der Waals surface area contributed by atoms with Crippen LogP contribution in [0.5, 0.6) is 5.75 Å². The summed E-state index contributed by atoms with van der Waals surface area (Å²) < 4.78 is 47.2. The molecule has 0 bridgehead atoms. The van der Waals surface area contributed by atoms with Crippen molar-refractivity contribution >= 4 is 30.0 Å². The third-order valence-electron chi connectivity index (χ3n) is 5.90. The van der Waals surface area contributed by atoms with E-state index in [0.717, 1.165) is 12.8 Å². The van der Waals surface area contributed by atoms with E-state index in [-0.39, 0.29) is 37.6 Å². The number of alkyl halides is 2. The van der Waals surface area contributed by atoms with Crippen LogP contribution in [0.1, 0.15) is 47.4 Å². The summed E-state index contributed by atoms with van der Waals surface area (Å²) in [5, 5.41) is 5.64. The number of nitrogens with one attached hydrogen (secondary N) is 2. The third kappa shape index (κ3) is 11.9. The highest BCUT2D eigenvalue weighted by molar-refractivity contribution is 6.30. The Morgan fingerprint density at radius 3 is 2.54 bits per heavy atom. The van der Waals surface area contributed by atoms with Gasteiger partial charge in [-0.25, -0.2) is 4.79 Å². The van der Waals surface area contributed by atoms with Crippen LogP contribution in [-0.4, -0.2) is 83.0 Å². The highest BCUT2D eigenvalue weighted by atomic mass is 35.5. The molecule has 2 rings (SSSR count). The molecular weight excluding hydrogens is 564 g/mol. The van der Waals surface area contributed by atoms with Crippen molar-refractivity contribution in [3.8, 4) is 5.75 Å². The van der Waals surface area contributed by atoms with Crippen LogP contribution in [0.3, 0.4) is 0 Å². The van der Waals surface area contributed by atoms with Gasteiger partial charge in [0.1, 0.15) is 11.9 Å². The van der Waals surface area contributed by atoms with Crippen LogP contribution in [0.2, 0.25) is 5.02 Å². The molecule has 2 aromatic carbocycles. The molecule has 0 aliphatic rings. The Morgan fingerprint density at radius 2 is 1.88 bits per heavy atom. The first-order valence-corrected chi connectivity index (χ1v) is 13.4. The van der Waals surface area contributed by atoms with Crippen LogP contribution < -0.4 is 15.4 Å². The molecule has 0 heterocycles. The summed E-state index contributed by atoms with van der Waals surface area (Å²) in [5.74, 6) is -0.837. The zero-order valence-electron chi connectivity index (χ0n) is 23.2. The van der Waals surface area contributed by atoms with E-state index in [2.05, 4.69) is 20.1 Å². The molecule has 2 unspecified atom stereocenters. The highest BCUT2D eigenvalue weighted by Gasteiger charge is 2.22. The van der Waals surface area contributed by atoms with Crippen LogP contribution in [0.15, 0.2) is 42.5 Å². The maximum absolute atomic E-state index is 13.2. The lowest BCUT2D eigenvalue weighted by Gasteiger charge is -2.25. The van der Waals surface area contributed by atoms with Crippen molar-refractivity contribution in [2.45, 2.75) is 38.5 Å². The molecule has 0 aromatic heterocycles. The average molecular weight is 600 g/mol. The summed E-state index contributed by atoms with van der Waals surface area (Å²) in [6.45, 7) is -0.212. The second-order valence-electron chi connectivity index (χ2n) is 8.96. The Morgan fingerprint density at radius 1 is 1.10 bits per heavy atom. The summed E-state index contributed by atoms with van der Waals surface area (Å²) in [4.78, 5) is 37.3. The minimum atomic E-state index is -3.14. The normalized spacial score (nSPS) is 12.4. The molecule has 0 spiro atoms. The number of halogens is 3. The Balaban J connectivity index is 2.33. The number of carbonyl (C=O) groups is 3. The van der Waals surface area contributed by atoms with Gasteiger partial charge in [0.2, 0.25) is 6.41 Å². The molecular formula is C28H36ClF2N3O7. The first kappa shape index (κ1) is 33.7. The van der Waals surface area contributed by atoms with Gasteiger partial charge in [0.05, 0.1) is 26.4 Å². The van der Waals surface area contributed by atoms with Gasteiger partial charge in [-0.15, -0.1) is 0 Å². The lowest BCUT2D eigenvalue weighted by atomic mass is 9.98. The van der Waals surface area contributed by atoms with Crippen molar-refractivity contribution in [3.05, 3.63) is 64.2 Å². The van der Waals surface area contributed by atoms with Gasteiger partial charge >= 0.3 is 12.7 Å². The van der Waals surface area contributed by atoms with Gasteiger partial charge in [-0.1, -0.05) is 37.1 Å². The highest BCUT2D eigenvalue weighted by Crippen LogP contribution is 2.32. The summed E-state index contributed by atoms with van der Waals surface area (Å²) >= 11 is 6.19. The van der Waals surface area contributed by atoms with Crippen LogP contribution in [0, 0.1) is 0 Å². The largest absolute Gasteiger partial charge is 0.453 e. The number of alkyl carbamates (subject to hydrolysis) is 1. The number of benzene rings is 2. The van der Waals surface area contributed by atoms with E-state index in [1.807, 2.05) is 6.92 Å². The number of carbonyl (C=O) groups excluding carboxylic acids is 3. The molecule has 0 fully saturated rings. The van der Waals surface area contributed by atoms with Gasteiger partial charge in [-0.2, -0.15) is 8.78 Å². The molecule has 2 aromatic rings. The van der Waals surface area contributed by atoms with Crippen molar-refractivity contribution in [3.63, 3.8) is 0 Å². The smallest absolute Gasteiger partial charge is 0.406 e. The lowest BCUT2D eigenvalue weighted by molar-refractivity contribution is -0.119. The lowest BCUT2D eigenvalue weighted by Crippen LogP contribution is -2.44. The van der Waals surface area contributed by atoms with Gasteiger partial charge < -0.3 is 34.5 Å². The predicted molar refractivity (Wildman–Crippen MR) is 148 cm³/mol. The minimum absolute atomic E-state index is 0.0193. The summed E-state index contributed by atoms with van der Waals surface area (Å²) in [6, 6.07) is 10.3.